The van der Waals surface area contributed by atoms with Gasteiger partial charge in [-0.1, -0.05) is 13.8 Å². The van der Waals surface area contributed by atoms with Crippen molar-refractivity contribution in [1.29, 1.82) is 0 Å². The second-order valence-electron chi connectivity index (χ2n) is 5.85. The molecule has 1 aliphatic rings. The van der Waals surface area contributed by atoms with Gasteiger partial charge in [-0.3, -0.25) is 0 Å². The number of anilines is 1. The number of nitrogens with zero attached hydrogens (tertiary/aromatic N) is 3. The summed E-state index contributed by atoms with van der Waals surface area (Å²) in [7, 11) is 0. The number of rotatable bonds is 6. The Labute approximate surface area is 121 Å². The van der Waals surface area contributed by atoms with Crippen molar-refractivity contribution in [2.24, 2.45) is 0 Å². The molecule has 112 valence electrons. The topological polar surface area (TPSA) is 61.3 Å². The van der Waals surface area contributed by atoms with Crippen LogP contribution in [0.4, 0.5) is 5.95 Å². The Bertz CT molecular complexity index is 430. The monoisotopic (exact) mass is 278 g/mol. The number of aromatic nitrogens is 2. The molecule has 0 amide bonds. The molecule has 0 saturated carbocycles. The number of aliphatic hydroxyl groups excluding tert-OH is 1. The molecule has 20 heavy (non-hydrogen) atoms. The summed E-state index contributed by atoms with van der Waals surface area (Å²) in [6.45, 7) is 8.94. The molecule has 1 atom stereocenters. The van der Waals surface area contributed by atoms with E-state index in [4.69, 9.17) is 0 Å². The molecule has 0 spiro atoms. The van der Waals surface area contributed by atoms with Gasteiger partial charge in [-0.15, -0.1) is 0 Å². The molecule has 1 aliphatic heterocycles. The summed E-state index contributed by atoms with van der Waals surface area (Å²) >= 11 is 0. The summed E-state index contributed by atoms with van der Waals surface area (Å²) in [5, 5.41) is 12.8. The lowest BCUT2D eigenvalue weighted by Gasteiger charge is -2.26. The van der Waals surface area contributed by atoms with Gasteiger partial charge in [-0.05, 0) is 38.3 Å². The zero-order valence-electron chi connectivity index (χ0n) is 12.8. The third kappa shape index (κ3) is 3.90. The van der Waals surface area contributed by atoms with Crippen LogP contribution in [0, 0.1) is 6.92 Å². The summed E-state index contributed by atoms with van der Waals surface area (Å²) in [5.41, 5.74) is 2.05. The fourth-order valence-electron chi connectivity index (χ4n) is 2.59. The highest BCUT2D eigenvalue weighted by molar-refractivity contribution is 5.33. The molecule has 5 nitrogen and oxygen atoms in total. The Morgan fingerprint density at radius 1 is 1.45 bits per heavy atom. The summed E-state index contributed by atoms with van der Waals surface area (Å²) in [4.78, 5) is 11.3. The Morgan fingerprint density at radius 3 is 2.85 bits per heavy atom. The van der Waals surface area contributed by atoms with Crippen molar-refractivity contribution < 1.29 is 5.11 Å². The molecule has 0 bridgehead atoms. The average molecular weight is 278 g/mol. The molecule has 1 saturated heterocycles. The smallest absolute Gasteiger partial charge is 0.225 e. The maximum absolute atomic E-state index is 9.30. The van der Waals surface area contributed by atoms with E-state index >= 15 is 0 Å². The van der Waals surface area contributed by atoms with Crippen LogP contribution in [0.2, 0.25) is 0 Å². The normalized spacial score (nSPS) is 18.8. The van der Waals surface area contributed by atoms with Gasteiger partial charge < -0.3 is 15.3 Å². The lowest BCUT2D eigenvalue weighted by Crippen LogP contribution is -2.40. The number of aliphatic hydroxyl groups is 1. The Balaban J connectivity index is 2.18. The molecule has 1 unspecified atom stereocenters. The molecule has 1 aromatic rings. The van der Waals surface area contributed by atoms with Gasteiger partial charge >= 0.3 is 0 Å². The zero-order valence-corrected chi connectivity index (χ0v) is 12.8. The van der Waals surface area contributed by atoms with Gasteiger partial charge in [0.25, 0.3) is 0 Å². The first-order valence-electron chi connectivity index (χ1n) is 7.55. The second-order valence-corrected chi connectivity index (χ2v) is 5.85. The van der Waals surface area contributed by atoms with Crippen LogP contribution in [-0.2, 0) is 0 Å². The van der Waals surface area contributed by atoms with Gasteiger partial charge in [0.1, 0.15) is 0 Å². The number of hydrogen-bond acceptors (Lipinski definition) is 5. The molecule has 1 fully saturated rings. The lowest BCUT2D eigenvalue weighted by atomic mass is 10.1. The molecule has 1 aromatic heterocycles. The van der Waals surface area contributed by atoms with Gasteiger partial charge in [-0.25, -0.2) is 9.97 Å². The fraction of sp³-hybridized carbons (Fsp3) is 0.733. The van der Waals surface area contributed by atoms with Crippen LogP contribution in [0.15, 0.2) is 6.07 Å². The van der Waals surface area contributed by atoms with Crippen molar-refractivity contribution in [2.45, 2.75) is 45.6 Å². The first kappa shape index (κ1) is 15.2. The zero-order chi connectivity index (χ0) is 14.5. The minimum Gasteiger partial charge on any atom is -0.395 e. The second kappa shape index (κ2) is 6.99. The van der Waals surface area contributed by atoms with Crippen LogP contribution in [0.25, 0.3) is 0 Å². The quantitative estimate of drug-likeness (QED) is 0.825. The van der Waals surface area contributed by atoms with E-state index in [9.17, 15) is 5.11 Å². The minimum absolute atomic E-state index is 0.126. The van der Waals surface area contributed by atoms with E-state index in [1.54, 1.807) is 0 Å². The first-order chi connectivity index (χ1) is 9.60. The van der Waals surface area contributed by atoms with Crippen LogP contribution in [-0.4, -0.2) is 47.4 Å². The van der Waals surface area contributed by atoms with E-state index in [0.29, 0.717) is 18.5 Å². The highest BCUT2D eigenvalue weighted by Crippen LogP contribution is 2.18. The predicted octanol–water partition coefficient (Wildman–Crippen LogP) is 1.46. The van der Waals surface area contributed by atoms with Gasteiger partial charge in [0, 0.05) is 30.5 Å². The molecular weight excluding hydrogens is 252 g/mol. The maximum atomic E-state index is 9.30. The standard InChI is InChI=1S/C15H26N4O/c1-11(2)14-9-12(3)17-15(18-14)19(7-8-20)10-13-5-4-6-16-13/h9,11,13,16,20H,4-8,10H2,1-3H3. The van der Waals surface area contributed by atoms with Gasteiger partial charge in [0.2, 0.25) is 5.95 Å². The average Bonchev–Trinajstić information content (AvgIpc) is 2.90. The van der Waals surface area contributed by atoms with Crippen molar-refractivity contribution in [2.75, 3.05) is 31.1 Å². The van der Waals surface area contributed by atoms with E-state index in [2.05, 4.69) is 34.0 Å². The number of hydrogen-bond donors (Lipinski definition) is 2. The van der Waals surface area contributed by atoms with Crippen LogP contribution in [0.3, 0.4) is 0 Å². The summed E-state index contributed by atoms with van der Waals surface area (Å²) in [5.74, 6) is 1.13. The molecule has 2 heterocycles. The minimum atomic E-state index is 0.126. The third-order valence-electron chi connectivity index (χ3n) is 3.71. The van der Waals surface area contributed by atoms with Gasteiger partial charge in [0.15, 0.2) is 0 Å². The van der Waals surface area contributed by atoms with Crippen LogP contribution < -0.4 is 10.2 Å². The van der Waals surface area contributed by atoms with Crippen LogP contribution in [0.5, 0.6) is 0 Å². The Hall–Kier alpha value is -1.20. The molecule has 5 heteroatoms. The summed E-state index contributed by atoms with van der Waals surface area (Å²) < 4.78 is 0. The number of nitrogens with one attached hydrogen (secondary N) is 1. The van der Waals surface area contributed by atoms with E-state index in [1.165, 1.54) is 12.8 Å². The highest BCUT2D eigenvalue weighted by atomic mass is 16.3. The van der Waals surface area contributed by atoms with Crippen molar-refractivity contribution >= 4 is 5.95 Å². The van der Waals surface area contributed by atoms with Crippen molar-refractivity contribution in [1.82, 2.24) is 15.3 Å². The summed E-state index contributed by atoms with van der Waals surface area (Å²) in [6.07, 6.45) is 2.41. The molecule has 2 N–H and O–H groups in total. The molecular formula is C15H26N4O. The predicted molar refractivity (Wildman–Crippen MR) is 81.2 cm³/mol. The van der Waals surface area contributed by atoms with Gasteiger partial charge in [-0.2, -0.15) is 0 Å². The molecule has 0 aromatic carbocycles. The van der Waals surface area contributed by atoms with E-state index in [-0.39, 0.29) is 6.61 Å². The summed E-state index contributed by atoms with van der Waals surface area (Å²) in [6, 6.07) is 2.52. The van der Waals surface area contributed by atoms with Crippen molar-refractivity contribution in [3.63, 3.8) is 0 Å². The highest BCUT2D eigenvalue weighted by Gasteiger charge is 2.20. The van der Waals surface area contributed by atoms with Crippen LogP contribution in [0.1, 0.15) is 44.0 Å². The SMILES string of the molecule is Cc1cc(C(C)C)nc(N(CCO)CC2CCCN2)n1. The first-order valence-corrected chi connectivity index (χ1v) is 7.55. The fourth-order valence-corrected chi connectivity index (χ4v) is 2.59. The third-order valence-corrected chi connectivity index (χ3v) is 3.71. The molecule has 2 rings (SSSR count). The van der Waals surface area contributed by atoms with E-state index in [1.807, 2.05) is 13.0 Å². The van der Waals surface area contributed by atoms with E-state index < -0.39 is 0 Å². The Kier molecular flexibility index (Phi) is 5.31. The Morgan fingerprint density at radius 2 is 2.25 bits per heavy atom. The molecule has 0 radical (unpaired) electrons. The van der Waals surface area contributed by atoms with Crippen molar-refractivity contribution in [3.8, 4) is 0 Å². The molecule has 0 aliphatic carbocycles. The van der Waals surface area contributed by atoms with Crippen molar-refractivity contribution in [3.05, 3.63) is 17.5 Å². The largest absolute Gasteiger partial charge is 0.395 e. The van der Waals surface area contributed by atoms with Gasteiger partial charge in [0.05, 0.1) is 6.61 Å². The van der Waals surface area contributed by atoms with E-state index in [0.717, 1.165) is 30.4 Å². The number of aryl methyl sites for hydroxylation is 1. The van der Waals surface area contributed by atoms with Crippen LogP contribution >= 0.6 is 0 Å². The lowest BCUT2D eigenvalue weighted by molar-refractivity contribution is 0.299. The maximum Gasteiger partial charge on any atom is 0.225 e.